The molecule has 0 aliphatic heterocycles. The molecular weight excluding hydrogens is 196 g/mol. The first kappa shape index (κ1) is 10.9. The summed E-state index contributed by atoms with van der Waals surface area (Å²) in [4.78, 5) is 14.2. The zero-order valence-corrected chi connectivity index (χ0v) is 9.29. The van der Waals surface area contributed by atoms with Crippen molar-refractivity contribution >= 4 is 11.8 Å². The summed E-state index contributed by atoms with van der Waals surface area (Å²) in [5.74, 6) is 0. The molecule has 0 aliphatic carbocycles. The van der Waals surface area contributed by atoms with Crippen molar-refractivity contribution in [3.8, 4) is 6.07 Å². The lowest BCUT2D eigenvalue weighted by Gasteiger charge is -2.08. The Morgan fingerprint density at radius 3 is 2.64 bits per heavy atom. The third kappa shape index (κ3) is 1.68. The molecule has 1 aromatic heterocycles. The number of aromatic amines is 1. The normalized spacial score (nSPS) is 9.86. The lowest BCUT2D eigenvalue weighted by Crippen LogP contribution is -2.15. The Labute approximate surface area is 87.2 Å². The summed E-state index contributed by atoms with van der Waals surface area (Å²) in [6, 6.07) is 1.95. The number of H-pyrrole nitrogens is 1. The minimum Gasteiger partial charge on any atom is -0.316 e. The number of nitriles is 1. The van der Waals surface area contributed by atoms with Crippen LogP contribution in [-0.2, 0) is 6.42 Å². The van der Waals surface area contributed by atoms with Gasteiger partial charge in [-0.1, -0.05) is 6.92 Å². The molecule has 0 amide bonds. The fraction of sp³-hybridized carbons (Fsp3) is 0.400. The van der Waals surface area contributed by atoms with Gasteiger partial charge in [0, 0.05) is 0 Å². The second-order valence-electron chi connectivity index (χ2n) is 2.93. The van der Waals surface area contributed by atoms with E-state index in [1.54, 1.807) is 0 Å². The highest BCUT2D eigenvalue weighted by molar-refractivity contribution is 7.98. The van der Waals surface area contributed by atoms with Crippen molar-refractivity contribution in [3.63, 3.8) is 0 Å². The van der Waals surface area contributed by atoms with Gasteiger partial charge in [0.25, 0.3) is 5.56 Å². The predicted molar refractivity (Wildman–Crippen MR) is 57.7 cm³/mol. The second kappa shape index (κ2) is 4.34. The Bertz CT molecular complexity index is 443. The first-order valence-electron chi connectivity index (χ1n) is 4.35. The van der Waals surface area contributed by atoms with Crippen LogP contribution in [0.1, 0.15) is 23.6 Å². The quantitative estimate of drug-likeness (QED) is 0.754. The Hall–Kier alpha value is -1.21. The smallest absolute Gasteiger partial charge is 0.267 e. The maximum Gasteiger partial charge on any atom is 0.267 e. The van der Waals surface area contributed by atoms with E-state index in [2.05, 4.69) is 4.98 Å². The van der Waals surface area contributed by atoms with E-state index in [1.165, 1.54) is 11.8 Å². The van der Waals surface area contributed by atoms with Crippen LogP contribution in [0.15, 0.2) is 9.82 Å². The molecule has 0 bridgehead atoms. The molecule has 0 aliphatic rings. The summed E-state index contributed by atoms with van der Waals surface area (Å²) in [6.07, 6.45) is 2.62. The molecule has 0 unspecified atom stereocenters. The van der Waals surface area contributed by atoms with E-state index in [1.807, 2.05) is 26.2 Å². The topological polar surface area (TPSA) is 56.6 Å². The summed E-state index contributed by atoms with van der Waals surface area (Å²) >= 11 is 1.49. The molecular formula is C10H12N2OS. The van der Waals surface area contributed by atoms with Gasteiger partial charge in [-0.2, -0.15) is 5.26 Å². The number of nitrogens with zero attached hydrogens (tertiary/aromatic N) is 1. The van der Waals surface area contributed by atoms with Crippen LogP contribution in [-0.4, -0.2) is 11.2 Å². The van der Waals surface area contributed by atoms with Crippen LogP contribution < -0.4 is 5.56 Å². The van der Waals surface area contributed by atoms with Crippen LogP contribution in [0, 0.1) is 18.3 Å². The van der Waals surface area contributed by atoms with Gasteiger partial charge in [-0.15, -0.1) is 11.8 Å². The van der Waals surface area contributed by atoms with Gasteiger partial charge < -0.3 is 4.98 Å². The Morgan fingerprint density at radius 1 is 1.57 bits per heavy atom. The summed E-state index contributed by atoms with van der Waals surface area (Å²) in [5, 5.41) is 9.69. The first-order valence-corrected chi connectivity index (χ1v) is 5.58. The summed E-state index contributed by atoms with van der Waals surface area (Å²) < 4.78 is 0. The third-order valence-electron chi connectivity index (χ3n) is 2.22. The van der Waals surface area contributed by atoms with E-state index in [0.29, 0.717) is 6.42 Å². The van der Waals surface area contributed by atoms with Gasteiger partial charge in [0.2, 0.25) is 0 Å². The molecule has 1 N–H and O–H groups in total. The van der Waals surface area contributed by atoms with Crippen molar-refractivity contribution < 1.29 is 0 Å². The zero-order chi connectivity index (χ0) is 10.7. The van der Waals surface area contributed by atoms with E-state index in [0.717, 1.165) is 16.2 Å². The molecule has 3 nitrogen and oxygen atoms in total. The number of pyridine rings is 1. The standard InChI is InChI=1S/C10H12N2OS/c1-4-7-6(2)10(14-3)12-9(13)8(7)5-11/h4H2,1-3H3,(H,12,13). The monoisotopic (exact) mass is 208 g/mol. The number of rotatable bonds is 2. The SMILES string of the molecule is CCc1c(C)c(SC)[nH]c(=O)c1C#N. The van der Waals surface area contributed by atoms with Crippen LogP contribution >= 0.6 is 11.8 Å². The number of nitrogens with one attached hydrogen (secondary N) is 1. The number of hydrogen-bond acceptors (Lipinski definition) is 3. The van der Waals surface area contributed by atoms with Gasteiger partial charge >= 0.3 is 0 Å². The highest BCUT2D eigenvalue weighted by Gasteiger charge is 2.11. The molecule has 1 rings (SSSR count). The molecule has 4 heteroatoms. The lowest BCUT2D eigenvalue weighted by atomic mass is 10.0. The minimum atomic E-state index is -0.278. The van der Waals surface area contributed by atoms with Crippen molar-refractivity contribution in [1.82, 2.24) is 4.98 Å². The highest BCUT2D eigenvalue weighted by Crippen LogP contribution is 2.20. The molecule has 1 aromatic rings. The maximum absolute atomic E-state index is 11.5. The van der Waals surface area contributed by atoms with Gasteiger partial charge in [0.05, 0.1) is 5.03 Å². The molecule has 1 heterocycles. The fourth-order valence-electron chi connectivity index (χ4n) is 1.49. The van der Waals surface area contributed by atoms with Gasteiger partial charge in [-0.3, -0.25) is 4.79 Å². The second-order valence-corrected chi connectivity index (χ2v) is 3.75. The largest absolute Gasteiger partial charge is 0.316 e. The molecule has 74 valence electrons. The minimum absolute atomic E-state index is 0.253. The molecule has 0 radical (unpaired) electrons. The molecule has 14 heavy (non-hydrogen) atoms. The molecule has 0 fully saturated rings. The molecule has 0 atom stereocenters. The predicted octanol–water partition coefficient (Wildman–Crippen LogP) is 1.84. The summed E-state index contributed by atoms with van der Waals surface area (Å²) in [6.45, 7) is 3.88. The zero-order valence-electron chi connectivity index (χ0n) is 8.47. The van der Waals surface area contributed by atoms with E-state index in [4.69, 9.17) is 5.26 Å². The number of thioether (sulfide) groups is 1. The van der Waals surface area contributed by atoms with Gasteiger partial charge in [-0.25, -0.2) is 0 Å². The van der Waals surface area contributed by atoms with Crippen molar-refractivity contribution in [2.75, 3.05) is 6.26 Å². The molecule has 0 spiro atoms. The van der Waals surface area contributed by atoms with E-state index in [-0.39, 0.29) is 11.1 Å². The third-order valence-corrected chi connectivity index (χ3v) is 3.04. The Morgan fingerprint density at radius 2 is 2.21 bits per heavy atom. The van der Waals surface area contributed by atoms with Crippen LogP contribution in [0.3, 0.4) is 0 Å². The van der Waals surface area contributed by atoms with Crippen molar-refractivity contribution in [2.24, 2.45) is 0 Å². The maximum atomic E-state index is 11.5. The first-order chi connectivity index (χ1) is 6.65. The summed E-state index contributed by atoms with van der Waals surface area (Å²) in [7, 11) is 0. The van der Waals surface area contributed by atoms with Crippen molar-refractivity contribution in [2.45, 2.75) is 25.3 Å². The van der Waals surface area contributed by atoms with E-state index < -0.39 is 0 Å². The van der Waals surface area contributed by atoms with Gasteiger partial charge in [0.15, 0.2) is 0 Å². The van der Waals surface area contributed by atoms with E-state index >= 15 is 0 Å². The van der Waals surface area contributed by atoms with E-state index in [9.17, 15) is 4.79 Å². The van der Waals surface area contributed by atoms with Gasteiger partial charge in [-0.05, 0) is 30.7 Å². The lowest BCUT2D eigenvalue weighted by molar-refractivity contribution is 0.963. The molecule has 0 saturated heterocycles. The van der Waals surface area contributed by atoms with Crippen LogP contribution in [0.2, 0.25) is 0 Å². The van der Waals surface area contributed by atoms with Crippen molar-refractivity contribution in [1.29, 1.82) is 5.26 Å². The van der Waals surface area contributed by atoms with Crippen molar-refractivity contribution in [3.05, 3.63) is 27.0 Å². The fourth-order valence-corrected chi connectivity index (χ4v) is 2.11. The highest BCUT2D eigenvalue weighted by atomic mass is 32.2. The molecule has 0 saturated carbocycles. The summed E-state index contributed by atoms with van der Waals surface area (Å²) in [5.41, 5.74) is 1.85. The van der Waals surface area contributed by atoms with Crippen LogP contribution in [0.5, 0.6) is 0 Å². The average molecular weight is 208 g/mol. The average Bonchev–Trinajstić information content (AvgIpc) is 2.20. The number of aromatic nitrogens is 1. The van der Waals surface area contributed by atoms with Gasteiger partial charge in [0.1, 0.15) is 11.6 Å². The van der Waals surface area contributed by atoms with Crippen LogP contribution in [0.4, 0.5) is 0 Å². The number of hydrogen-bond donors (Lipinski definition) is 1. The van der Waals surface area contributed by atoms with Crippen LogP contribution in [0.25, 0.3) is 0 Å². The Balaban J connectivity index is 3.59. The Kier molecular flexibility index (Phi) is 3.37. The molecule has 0 aromatic carbocycles.